The molecule has 5 heteroatoms. The minimum Gasteiger partial charge on any atom is -0.259 e. The molecule has 0 aliphatic heterocycles. The number of nitrogens with zero attached hydrogens (tertiary/aromatic N) is 3. The first kappa shape index (κ1) is 13.3. The highest BCUT2D eigenvalue weighted by Crippen LogP contribution is 2.27. The summed E-state index contributed by atoms with van der Waals surface area (Å²) in [7, 11) is 0. The Bertz CT molecular complexity index is 607. The zero-order valence-electron chi connectivity index (χ0n) is 11.5. The van der Waals surface area contributed by atoms with Crippen LogP contribution in [0.15, 0.2) is 30.3 Å². The first-order valence-corrected chi connectivity index (χ1v) is 6.11. The molecule has 2 aromatic rings. The maximum atomic E-state index is 10.7. The van der Waals surface area contributed by atoms with Crippen LogP contribution in [0.4, 0.5) is 5.69 Å². The van der Waals surface area contributed by atoms with Gasteiger partial charge in [-0.2, -0.15) is 5.10 Å². The van der Waals surface area contributed by atoms with Crippen LogP contribution >= 0.6 is 0 Å². The van der Waals surface area contributed by atoms with Gasteiger partial charge in [0.2, 0.25) is 0 Å². The summed E-state index contributed by atoms with van der Waals surface area (Å²) in [5, 5.41) is 15.2. The van der Waals surface area contributed by atoms with Crippen LogP contribution in [0.2, 0.25) is 0 Å². The second-order valence-electron chi connectivity index (χ2n) is 5.56. The Morgan fingerprint density at radius 2 is 1.79 bits per heavy atom. The number of hydrogen-bond donors (Lipinski definition) is 0. The maximum Gasteiger partial charge on any atom is 0.269 e. The largest absolute Gasteiger partial charge is 0.269 e. The van der Waals surface area contributed by atoms with Gasteiger partial charge in [-0.1, -0.05) is 0 Å². The molecule has 5 nitrogen and oxygen atoms in total. The molecule has 0 atom stereocenters. The molecule has 19 heavy (non-hydrogen) atoms. The molecule has 0 N–H and O–H groups in total. The molecule has 0 saturated carbocycles. The van der Waals surface area contributed by atoms with E-state index in [2.05, 4.69) is 25.9 Å². The van der Waals surface area contributed by atoms with Gasteiger partial charge in [0.25, 0.3) is 5.69 Å². The van der Waals surface area contributed by atoms with Crippen molar-refractivity contribution in [2.75, 3.05) is 0 Å². The third kappa shape index (κ3) is 2.65. The average Bonchev–Trinajstić information content (AvgIpc) is 2.71. The van der Waals surface area contributed by atoms with Crippen LogP contribution in [-0.4, -0.2) is 14.7 Å². The molecule has 0 aliphatic carbocycles. The van der Waals surface area contributed by atoms with Gasteiger partial charge < -0.3 is 0 Å². The van der Waals surface area contributed by atoms with Crippen LogP contribution in [0.5, 0.6) is 0 Å². The number of hydrogen-bond acceptors (Lipinski definition) is 3. The van der Waals surface area contributed by atoms with Gasteiger partial charge in [-0.05, 0) is 45.9 Å². The Labute approximate surface area is 112 Å². The lowest BCUT2D eigenvalue weighted by molar-refractivity contribution is -0.384. The Kier molecular flexibility index (Phi) is 3.14. The minimum atomic E-state index is -0.393. The second kappa shape index (κ2) is 4.50. The fourth-order valence-electron chi connectivity index (χ4n) is 1.97. The molecule has 0 aliphatic rings. The highest BCUT2D eigenvalue weighted by Gasteiger charge is 2.19. The number of aromatic nitrogens is 2. The summed E-state index contributed by atoms with van der Waals surface area (Å²) in [5.74, 6) is 0. The molecule has 0 fully saturated rings. The van der Waals surface area contributed by atoms with Crippen molar-refractivity contribution in [2.24, 2.45) is 0 Å². The Morgan fingerprint density at radius 1 is 1.21 bits per heavy atom. The van der Waals surface area contributed by atoms with Crippen LogP contribution in [0.1, 0.15) is 26.5 Å². The molecule has 1 aromatic heterocycles. The third-order valence-electron chi connectivity index (χ3n) is 2.84. The van der Waals surface area contributed by atoms with Crippen molar-refractivity contribution in [3.63, 3.8) is 0 Å². The van der Waals surface area contributed by atoms with Crippen LogP contribution in [0, 0.1) is 17.0 Å². The molecule has 2 rings (SSSR count). The lowest BCUT2D eigenvalue weighted by Crippen LogP contribution is -2.24. The average molecular weight is 259 g/mol. The Morgan fingerprint density at radius 3 is 2.26 bits per heavy atom. The van der Waals surface area contributed by atoms with E-state index in [0.29, 0.717) is 0 Å². The summed E-state index contributed by atoms with van der Waals surface area (Å²) in [5.41, 5.74) is 2.80. The van der Waals surface area contributed by atoms with Crippen molar-refractivity contribution in [1.82, 2.24) is 9.78 Å². The Balaban J connectivity index is 2.50. The zero-order valence-corrected chi connectivity index (χ0v) is 11.5. The number of nitro groups is 1. The monoisotopic (exact) mass is 259 g/mol. The van der Waals surface area contributed by atoms with E-state index in [4.69, 9.17) is 0 Å². The summed E-state index contributed by atoms with van der Waals surface area (Å²) >= 11 is 0. The fourth-order valence-corrected chi connectivity index (χ4v) is 1.97. The lowest BCUT2D eigenvalue weighted by atomic mass is 10.1. The van der Waals surface area contributed by atoms with E-state index in [1.54, 1.807) is 12.1 Å². The van der Waals surface area contributed by atoms with Gasteiger partial charge in [0.05, 0.1) is 21.9 Å². The van der Waals surface area contributed by atoms with Gasteiger partial charge in [-0.15, -0.1) is 0 Å². The highest BCUT2D eigenvalue weighted by atomic mass is 16.6. The summed E-state index contributed by atoms with van der Waals surface area (Å²) in [6, 6.07) is 8.55. The SMILES string of the molecule is Cc1cc(-c2ccc([N+](=O)[O-])cc2)n(C(C)(C)C)n1. The van der Waals surface area contributed by atoms with Gasteiger partial charge in [-0.3, -0.25) is 14.8 Å². The van der Waals surface area contributed by atoms with E-state index in [-0.39, 0.29) is 11.2 Å². The van der Waals surface area contributed by atoms with Gasteiger partial charge in [0.15, 0.2) is 0 Å². The molecular formula is C14H17N3O2. The molecule has 0 spiro atoms. The van der Waals surface area contributed by atoms with Crippen LogP contribution < -0.4 is 0 Å². The maximum absolute atomic E-state index is 10.7. The molecule has 1 aromatic carbocycles. The van der Waals surface area contributed by atoms with E-state index in [9.17, 15) is 10.1 Å². The van der Waals surface area contributed by atoms with E-state index in [1.807, 2.05) is 17.7 Å². The smallest absolute Gasteiger partial charge is 0.259 e. The number of benzene rings is 1. The third-order valence-corrected chi connectivity index (χ3v) is 2.84. The summed E-state index contributed by atoms with van der Waals surface area (Å²) in [6.07, 6.45) is 0. The van der Waals surface area contributed by atoms with Crippen molar-refractivity contribution in [1.29, 1.82) is 0 Å². The Hall–Kier alpha value is -2.17. The standard InChI is InChI=1S/C14H17N3O2/c1-10-9-13(16(15-10)14(2,3)4)11-5-7-12(8-6-11)17(18)19/h5-9H,1-4H3. The van der Waals surface area contributed by atoms with E-state index in [1.165, 1.54) is 12.1 Å². The second-order valence-corrected chi connectivity index (χ2v) is 5.56. The lowest BCUT2D eigenvalue weighted by Gasteiger charge is -2.22. The molecule has 0 amide bonds. The molecule has 0 radical (unpaired) electrons. The van der Waals surface area contributed by atoms with Crippen molar-refractivity contribution in [3.8, 4) is 11.3 Å². The van der Waals surface area contributed by atoms with E-state index < -0.39 is 4.92 Å². The van der Waals surface area contributed by atoms with Crippen molar-refractivity contribution >= 4 is 5.69 Å². The summed E-state index contributed by atoms with van der Waals surface area (Å²) in [4.78, 5) is 10.3. The van der Waals surface area contributed by atoms with Crippen molar-refractivity contribution in [3.05, 3.63) is 46.1 Å². The molecular weight excluding hydrogens is 242 g/mol. The predicted molar refractivity (Wildman–Crippen MR) is 74.1 cm³/mol. The van der Waals surface area contributed by atoms with Crippen LogP contribution in [0.25, 0.3) is 11.3 Å². The van der Waals surface area contributed by atoms with E-state index in [0.717, 1.165) is 17.0 Å². The molecule has 0 saturated heterocycles. The summed E-state index contributed by atoms with van der Waals surface area (Å²) in [6.45, 7) is 8.17. The van der Waals surface area contributed by atoms with Crippen LogP contribution in [0.3, 0.4) is 0 Å². The van der Waals surface area contributed by atoms with Crippen molar-refractivity contribution in [2.45, 2.75) is 33.2 Å². The zero-order chi connectivity index (χ0) is 14.2. The molecule has 0 unspecified atom stereocenters. The van der Waals surface area contributed by atoms with Gasteiger partial charge >= 0.3 is 0 Å². The normalized spacial score (nSPS) is 11.6. The van der Waals surface area contributed by atoms with Gasteiger partial charge in [0.1, 0.15) is 0 Å². The molecule has 0 bridgehead atoms. The number of nitro benzene ring substituents is 1. The van der Waals surface area contributed by atoms with E-state index >= 15 is 0 Å². The van der Waals surface area contributed by atoms with Crippen molar-refractivity contribution < 1.29 is 4.92 Å². The van der Waals surface area contributed by atoms with Gasteiger partial charge in [-0.25, -0.2) is 0 Å². The highest BCUT2D eigenvalue weighted by molar-refractivity contribution is 5.62. The number of aryl methyl sites for hydroxylation is 1. The topological polar surface area (TPSA) is 61.0 Å². The first-order valence-electron chi connectivity index (χ1n) is 6.11. The summed E-state index contributed by atoms with van der Waals surface area (Å²) < 4.78 is 1.95. The minimum absolute atomic E-state index is 0.0993. The number of non-ortho nitro benzene ring substituents is 1. The van der Waals surface area contributed by atoms with Gasteiger partial charge in [0, 0.05) is 17.7 Å². The predicted octanol–water partition coefficient (Wildman–Crippen LogP) is 3.52. The first-order chi connectivity index (χ1) is 8.79. The molecule has 1 heterocycles. The number of rotatable bonds is 2. The molecule has 100 valence electrons. The fraction of sp³-hybridized carbons (Fsp3) is 0.357. The quantitative estimate of drug-likeness (QED) is 0.612. The van der Waals surface area contributed by atoms with Crippen LogP contribution in [-0.2, 0) is 5.54 Å².